The standard InChI is InChI=1S/C24H19ClN4O3/c25-18-10-13-20-21(14-11-18)27-23(22(20)17-6-2-1-3-7-17)24(30)28-26-15-16-5-4-8-19(12-9-16)29(31)32/h1-3,5-9,11-15,27H,4,10H2,(H,28,30)/b26-15+. The summed E-state index contributed by atoms with van der Waals surface area (Å²) in [5, 5.41) is 17.4. The third-order valence-corrected chi connectivity index (χ3v) is 5.29. The zero-order chi connectivity index (χ0) is 22.5. The van der Waals surface area contributed by atoms with E-state index in [1.807, 2.05) is 48.6 Å². The second-order valence-electron chi connectivity index (χ2n) is 7.12. The van der Waals surface area contributed by atoms with Gasteiger partial charge in [-0.2, -0.15) is 5.10 Å². The van der Waals surface area contributed by atoms with Crippen molar-refractivity contribution in [2.45, 2.75) is 12.8 Å². The van der Waals surface area contributed by atoms with E-state index in [4.69, 9.17) is 11.6 Å². The quantitative estimate of drug-likeness (QED) is 0.417. The fourth-order valence-electron chi connectivity index (χ4n) is 3.48. The molecule has 0 spiro atoms. The van der Waals surface area contributed by atoms with Gasteiger partial charge in [-0.05, 0) is 41.9 Å². The summed E-state index contributed by atoms with van der Waals surface area (Å²) >= 11 is 6.18. The van der Waals surface area contributed by atoms with Crippen LogP contribution in [0.2, 0.25) is 0 Å². The van der Waals surface area contributed by atoms with Gasteiger partial charge in [0.15, 0.2) is 0 Å². The van der Waals surface area contributed by atoms with E-state index < -0.39 is 10.8 Å². The number of hydrogen-bond donors (Lipinski definition) is 2. The van der Waals surface area contributed by atoms with E-state index in [2.05, 4.69) is 15.5 Å². The van der Waals surface area contributed by atoms with Crippen LogP contribution < -0.4 is 16.0 Å². The van der Waals surface area contributed by atoms with Gasteiger partial charge in [-0.15, -0.1) is 0 Å². The van der Waals surface area contributed by atoms with Gasteiger partial charge in [0.2, 0.25) is 0 Å². The Morgan fingerprint density at radius 2 is 1.97 bits per heavy atom. The first kappa shape index (κ1) is 21.3. The van der Waals surface area contributed by atoms with Gasteiger partial charge in [-0.3, -0.25) is 14.9 Å². The van der Waals surface area contributed by atoms with Gasteiger partial charge in [0.05, 0.1) is 11.1 Å². The van der Waals surface area contributed by atoms with Crippen LogP contribution in [0.25, 0.3) is 23.3 Å². The maximum atomic E-state index is 13.0. The van der Waals surface area contributed by atoms with Gasteiger partial charge < -0.3 is 4.98 Å². The van der Waals surface area contributed by atoms with Crippen molar-refractivity contribution < 1.29 is 9.72 Å². The van der Waals surface area contributed by atoms with E-state index in [1.54, 1.807) is 12.2 Å². The summed E-state index contributed by atoms with van der Waals surface area (Å²) in [6, 6.07) is 9.63. The van der Waals surface area contributed by atoms with Gasteiger partial charge in [0, 0.05) is 33.7 Å². The Kier molecular flexibility index (Phi) is 6.28. The Morgan fingerprint density at radius 3 is 2.75 bits per heavy atom. The Bertz CT molecular complexity index is 1350. The topological polar surface area (TPSA) is 100 Å². The highest BCUT2D eigenvalue weighted by molar-refractivity contribution is 6.30. The molecule has 7 nitrogen and oxygen atoms in total. The van der Waals surface area contributed by atoms with Crippen LogP contribution in [0, 0.1) is 10.1 Å². The van der Waals surface area contributed by atoms with Crippen molar-refractivity contribution in [3.8, 4) is 11.1 Å². The summed E-state index contributed by atoms with van der Waals surface area (Å²) in [5.74, 6) is -0.396. The average Bonchev–Trinajstić information content (AvgIpc) is 2.90. The maximum Gasteiger partial charge on any atom is 0.288 e. The fraction of sp³-hybridized carbons (Fsp3) is 0.0833. The molecule has 0 atom stereocenters. The van der Waals surface area contributed by atoms with E-state index in [-0.39, 0.29) is 5.70 Å². The minimum atomic E-state index is -0.442. The number of aromatic amines is 1. The Morgan fingerprint density at radius 1 is 1.16 bits per heavy atom. The SMILES string of the molecule is O=C(N/N=C/C1=CCC=C([N+](=O)[O-])C=C1)c1[nH]c2c(c1-c1ccccc1)=CCC(Cl)=CC=2. The van der Waals surface area contributed by atoms with Crippen molar-refractivity contribution in [2.75, 3.05) is 0 Å². The second kappa shape index (κ2) is 9.45. The molecule has 2 N–H and O–H groups in total. The molecule has 2 aliphatic carbocycles. The zero-order valence-corrected chi connectivity index (χ0v) is 17.7. The summed E-state index contributed by atoms with van der Waals surface area (Å²) in [4.78, 5) is 26.6. The van der Waals surface area contributed by atoms with Crippen LogP contribution in [0.1, 0.15) is 23.3 Å². The molecule has 1 amide bonds. The molecule has 0 fully saturated rings. The van der Waals surface area contributed by atoms with Crippen LogP contribution in [0.5, 0.6) is 0 Å². The number of carbonyl (C=O) groups is 1. The number of hydrogen-bond acceptors (Lipinski definition) is 4. The average molecular weight is 447 g/mol. The summed E-state index contributed by atoms with van der Waals surface area (Å²) in [6.45, 7) is 0. The van der Waals surface area contributed by atoms with Crippen molar-refractivity contribution in [2.24, 2.45) is 5.10 Å². The molecular formula is C24H19ClN4O3. The monoisotopic (exact) mass is 446 g/mol. The lowest BCUT2D eigenvalue weighted by Gasteiger charge is -2.04. The normalized spacial score (nSPS) is 15.3. The number of nitrogens with one attached hydrogen (secondary N) is 2. The molecule has 1 heterocycles. The number of benzene rings is 1. The van der Waals surface area contributed by atoms with E-state index in [1.165, 1.54) is 18.4 Å². The molecule has 0 radical (unpaired) electrons. The van der Waals surface area contributed by atoms with Gasteiger partial charge in [-0.25, -0.2) is 5.43 Å². The summed E-state index contributed by atoms with van der Waals surface area (Å²) < 4.78 is 0. The third-order valence-electron chi connectivity index (χ3n) is 5.01. The number of aromatic nitrogens is 1. The number of hydrazone groups is 1. The molecule has 0 aliphatic heterocycles. The highest BCUT2D eigenvalue weighted by Crippen LogP contribution is 2.19. The van der Waals surface area contributed by atoms with Crippen LogP contribution in [-0.4, -0.2) is 22.0 Å². The van der Waals surface area contributed by atoms with Crippen molar-refractivity contribution in [3.05, 3.63) is 103 Å². The highest BCUT2D eigenvalue weighted by atomic mass is 35.5. The lowest BCUT2D eigenvalue weighted by atomic mass is 10.0. The van der Waals surface area contributed by atoms with Gasteiger partial charge >= 0.3 is 0 Å². The third kappa shape index (κ3) is 4.68. The van der Waals surface area contributed by atoms with Crippen molar-refractivity contribution in [1.82, 2.24) is 10.4 Å². The molecule has 2 aromatic rings. The number of carbonyl (C=O) groups excluding carboxylic acids is 1. The van der Waals surface area contributed by atoms with Crippen LogP contribution in [0.4, 0.5) is 0 Å². The predicted octanol–water partition coefficient (Wildman–Crippen LogP) is 3.53. The smallest absolute Gasteiger partial charge is 0.288 e. The first-order valence-corrected chi connectivity index (χ1v) is 10.3. The molecule has 8 heteroatoms. The van der Waals surface area contributed by atoms with Crippen molar-refractivity contribution in [3.63, 3.8) is 0 Å². The first-order chi connectivity index (χ1) is 15.5. The first-order valence-electron chi connectivity index (χ1n) is 9.93. The highest BCUT2D eigenvalue weighted by Gasteiger charge is 2.18. The van der Waals surface area contributed by atoms with Crippen molar-refractivity contribution in [1.29, 1.82) is 0 Å². The zero-order valence-electron chi connectivity index (χ0n) is 16.9. The number of fused-ring (bicyclic) bond motifs is 1. The Hall–Kier alpha value is -3.97. The largest absolute Gasteiger partial charge is 0.350 e. The second-order valence-corrected chi connectivity index (χ2v) is 7.60. The van der Waals surface area contributed by atoms with E-state index in [0.717, 1.165) is 21.7 Å². The van der Waals surface area contributed by atoms with E-state index >= 15 is 0 Å². The molecule has 0 saturated carbocycles. The number of H-pyrrole nitrogens is 1. The summed E-state index contributed by atoms with van der Waals surface area (Å²) in [6.07, 6.45) is 14.4. The molecule has 4 rings (SSSR count). The predicted molar refractivity (Wildman–Crippen MR) is 126 cm³/mol. The molecule has 1 aromatic carbocycles. The van der Waals surface area contributed by atoms with Crippen molar-refractivity contribution >= 4 is 35.9 Å². The maximum absolute atomic E-state index is 13.0. The van der Waals surface area contributed by atoms with E-state index in [9.17, 15) is 14.9 Å². The molecule has 0 saturated heterocycles. The number of nitro groups is 1. The molecule has 1 aromatic heterocycles. The molecule has 0 bridgehead atoms. The van der Waals surface area contributed by atoms with Crippen LogP contribution in [0.3, 0.4) is 0 Å². The molecular weight excluding hydrogens is 428 g/mol. The van der Waals surface area contributed by atoms with Crippen LogP contribution >= 0.6 is 11.6 Å². The lowest BCUT2D eigenvalue weighted by molar-refractivity contribution is -0.419. The fourth-order valence-corrected chi connectivity index (χ4v) is 3.62. The molecule has 0 unspecified atom stereocenters. The van der Waals surface area contributed by atoms with E-state index in [0.29, 0.717) is 29.1 Å². The van der Waals surface area contributed by atoms with Gasteiger partial charge in [0.1, 0.15) is 5.69 Å². The molecule has 32 heavy (non-hydrogen) atoms. The number of allylic oxidation sites excluding steroid dienone is 7. The number of amides is 1. The van der Waals surface area contributed by atoms with Crippen LogP contribution in [-0.2, 0) is 0 Å². The number of nitrogens with zero attached hydrogens (tertiary/aromatic N) is 2. The molecule has 160 valence electrons. The lowest BCUT2D eigenvalue weighted by Crippen LogP contribution is -2.22. The Balaban J connectivity index is 1.62. The molecule has 2 aliphatic rings. The minimum Gasteiger partial charge on any atom is -0.350 e. The van der Waals surface area contributed by atoms with Crippen LogP contribution in [0.15, 0.2) is 82.1 Å². The number of halogens is 1. The Labute approximate surface area is 188 Å². The number of rotatable bonds is 5. The minimum absolute atomic E-state index is 0.0238. The summed E-state index contributed by atoms with van der Waals surface area (Å²) in [7, 11) is 0. The summed E-state index contributed by atoms with van der Waals surface area (Å²) in [5.41, 5.74) is 5.29. The van der Waals surface area contributed by atoms with Gasteiger partial charge in [-0.1, -0.05) is 54.1 Å². The van der Waals surface area contributed by atoms with Gasteiger partial charge in [0.25, 0.3) is 11.6 Å².